The molecule has 19 heavy (non-hydrogen) atoms. The summed E-state index contributed by atoms with van der Waals surface area (Å²) in [7, 11) is 0. The number of carbonyl (C=O) groups excluding carboxylic acids is 1. The molecule has 6 heteroatoms. The molecule has 0 aliphatic carbocycles. The van der Waals surface area contributed by atoms with Crippen LogP contribution in [0.1, 0.15) is 28.5 Å². The third-order valence-electron chi connectivity index (χ3n) is 2.70. The molecule has 0 bridgehead atoms. The lowest BCUT2D eigenvalue weighted by Crippen LogP contribution is -2.12. The van der Waals surface area contributed by atoms with Gasteiger partial charge in [-0.15, -0.1) is 5.10 Å². The largest absolute Gasteiger partial charge is 0.366 e. The first-order chi connectivity index (χ1) is 9.19. The van der Waals surface area contributed by atoms with Crippen molar-refractivity contribution in [3.63, 3.8) is 0 Å². The number of benzene rings is 1. The van der Waals surface area contributed by atoms with Gasteiger partial charge < -0.3 is 11.1 Å². The number of nitrogens with one attached hydrogen (secondary N) is 1. The van der Waals surface area contributed by atoms with Crippen molar-refractivity contribution in [1.82, 2.24) is 20.3 Å². The first-order valence-electron chi connectivity index (χ1n) is 6.17. The molecule has 1 amide bonds. The Morgan fingerprint density at radius 2 is 2.32 bits per heavy atom. The molecule has 6 nitrogen and oxygen atoms in total. The number of hydrogen-bond donors (Lipinski definition) is 2. The maximum Gasteiger partial charge on any atom is 0.248 e. The fourth-order valence-corrected chi connectivity index (χ4v) is 1.76. The molecule has 0 saturated carbocycles. The van der Waals surface area contributed by atoms with Crippen molar-refractivity contribution in [2.75, 3.05) is 6.54 Å². The topological polar surface area (TPSA) is 85.8 Å². The molecule has 0 spiro atoms. The van der Waals surface area contributed by atoms with Crippen LogP contribution in [0.25, 0.3) is 0 Å². The zero-order valence-corrected chi connectivity index (χ0v) is 10.8. The molecular weight excluding hydrogens is 242 g/mol. The van der Waals surface area contributed by atoms with Gasteiger partial charge in [-0.3, -0.25) is 4.79 Å². The monoisotopic (exact) mass is 259 g/mol. The van der Waals surface area contributed by atoms with Gasteiger partial charge in [-0.2, -0.15) is 0 Å². The molecule has 3 N–H and O–H groups in total. The van der Waals surface area contributed by atoms with E-state index in [0.717, 1.165) is 17.8 Å². The summed E-state index contributed by atoms with van der Waals surface area (Å²) in [6.45, 7) is 4.21. The fraction of sp³-hybridized carbons (Fsp3) is 0.308. The van der Waals surface area contributed by atoms with E-state index < -0.39 is 5.91 Å². The number of primary amides is 1. The maximum absolute atomic E-state index is 11.1. The third kappa shape index (κ3) is 3.62. The minimum atomic E-state index is -0.423. The first-order valence-corrected chi connectivity index (χ1v) is 6.17. The molecule has 1 aromatic carbocycles. The number of aromatic nitrogens is 3. The van der Waals surface area contributed by atoms with Crippen LogP contribution in [0.5, 0.6) is 0 Å². The van der Waals surface area contributed by atoms with Gasteiger partial charge in [0, 0.05) is 12.1 Å². The van der Waals surface area contributed by atoms with E-state index in [1.165, 1.54) is 0 Å². The molecule has 100 valence electrons. The van der Waals surface area contributed by atoms with E-state index in [1.54, 1.807) is 16.8 Å². The maximum atomic E-state index is 11.1. The van der Waals surface area contributed by atoms with Crippen LogP contribution >= 0.6 is 0 Å². The summed E-state index contributed by atoms with van der Waals surface area (Å²) >= 11 is 0. The molecule has 0 aliphatic rings. The van der Waals surface area contributed by atoms with E-state index in [4.69, 9.17) is 5.73 Å². The standard InChI is InChI=1S/C13H17N5O/c1-2-15-7-12-9-18(17-16-12)8-10-4-3-5-11(6-10)13(14)19/h3-6,9,15H,2,7-8H2,1H3,(H2,14,19). The summed E-state index contributed by atoms with van der Waals surface area (Å²) in [4.78, 5) is 11.1. The lowest BCUT2D eigenvalue weighted by Gasteiger charge is -2.02. The van der Waals surface area contributed by atoms with Crippen LogP contribution in [0, 0.1) is 0 Å². The third-order valence-corrected chi connectivity index (χ3v) is 2.70. The Balaban J connectivity index is 2.06. The van der Waals surface area contributed by atoms with E-state index in [0.29, 0.717) is 18.7 Å². The highest BCUT2D eigenvalue weighted by atomic mass is 16.1. The van der Waals surface area contributed by atoms with Crippen LogP contribution in [-0.2, 0) is 13.1 Å². The Hall–Kier alpha value is -2.21. The van der Waals surface area contributed by atoms with Crippen LogP contribution in [0.2, 0.25) is 0 Å². The van der Waals surface area contributed by atoms with Gasteiger partial charge in [0.25, 0.3) is 0 Å². The highest BCUT2D eigenvalue weighted by Crippen LogP contribution is 2.06. The van der Waals surface area contributed by atoms with E-state index >= 15 is 0 Å². The molecule has 2 rings (SSSR count). The molecule has 0 radical (unpaired) electrons. The first kappa shape index (κ1) is 13.2. The van der Waals surface area contributed by atoms with Gasteiger partial charge in [-0.05, 0) is 24.2 Å². The normalized spacial score (nSPS) is 10.6. The summed E-state index contributed by atoms with van der Waals surface area (Å²) in [5, 5.41) is 11.3. The van der Waals surface area contributed by atoms with E-state index in [1.807, 2.05) is 25.3 Å². The van der Waals surface area contributed by atoms with Crippen LogP contribution in [0.4, 0.5) is 0 Å². The van der Waals surface area contributed by atoms with Crippen molar-refractivity contribution in [2.45, 2.75) is 20.0 Å². The SMILES string of the molecule is CCNCc1cn(Cc2cccc(C(N)=O)c2)nn1. The van der Waals surface area contributed by atoms with Gasteiger partial charge in [-0.1, -0.05) is 24.3 Å². The van der Waals surface area contributed by atoms with Gasteiger partial charge in [0.05, 0.1) is 18.4 Å². The Kier molecular flexibility index (Phi) is 4.25. The van der Waals surface area contributed by atoms with Gasteiger partial charge >= 0.3 is 0 Å². The zero-order valence-electron chi connectivity index (χ0n) is 10.8. The molecule has 0 saturated heterocycles. The van der Waals surface area contributed by atoms with E-state index in [-0.39, 0.29) is 0 Å². The fourth-order valence-electron chi connectivity index (χ4n) is 1.76. The second-order valence-corrected chi connectivity index (χ2v) is 4.25. The van der Waals surface area contributed by atoms with Crippen LogP contribution in [0.3, 0.4) is 0 Å². The van der Waals surface area contributed by atoms with Crippen molar-refractivity contribution in [2.24, 2.45) is 5.73 Å². The van der Waals surface area contributed by atoms with Crippen molar-refractivity contribution < 1.29 is 4.79 Å². The lowest BCUT2D eigenvalue weighted by atomic mass is 10.1. The van der Waals surface area contributed by atoms with E-state index in [2.05, 4.69) is 15.6 Å². The zero-order chi connectivity index (χ0) is 13.7. The summed E-state index contributed by atoms with van der Waals surface area (Å²) in [6, 6.07) is 7.21. The molecule has 0 aliphatic heterocycles. The molecule has 2 aromatic rings. The molecule has 0 fully saturated rings. The molecule has 0 atom stereocenters. The van der Waals surface area contributed by atoms with Gasteiger partial charge in [0.2, 0.25) is 5.91 Å². The van der Waals surface area contributed by atoms with Gasteiger partial charge in [0.15, 0.2) is 0 Å². The van der Waals surface area contributed by atoms with Gasteiger partial charge in [0.1, 0.15) is 0 Å². The molecule has 1 heterocycles. The predicted octanol–water partition coefficient (Wildman–Crippen LogP) is 0.535. The number of carbonyl (C=O) groups is 1. The average Bonchev–Trinajstić information content (AvgIpc) is 2.84. The summed E-state index contributed by atoms with van der Waals surface area (Å²) in [5.41, 5.74) is 7.62. The van der Waals surface area contributed by atoms with Gasteiger partial charge in [-0.25, -0.2) is 4.68 Å². The molecule has 1 aromatic heterocycles. The number of nitrogens with two attached hydrogens (primary N) is 1. The summed E-state index contributed by atoms with van der Waals surface area (Å²) in [6.07, 6.45) is 1.89. The Bertz CT molecular complexity index is 564. The Morgan fingerprint density at radius 1 is 1.47 bits per heavy atom. The number of rotatable bonds is 6. The molecular formula is C13H17N5O. The highest BCUT2D eigenvalue weighted by Gasteiger charge is 2.04. The van der Waals surface area contributed by atoms with Crippen molar-refractivity contribution in [3.05, 3.63) is 47.3 Å². The molecule has 0 unspecified atom stereocenters. The smallest absolute Gasteiger partial charge is 0.248 e. The van der Waals surface area contributed by atoms with E-state index in [9.17, 15) is 4.79 Å². The number of nitrogens with zero attached hydrogens (tertiary/aromatic N) is 3. The summed E-state index contributed by atoms with van der Waals surface area (Å²) < 4.78 is 1.74. The van der Waals surface area contributed by atoms with Crippen molar-refractivity contribution in [3.8, 4) is 0 Å². The number of amides is 1. The second kappa shape index (κ2) is 6.10. The minimum Gasteiger partial charge on any atom is -0.366 e. The predicted molar refractivity (Wildman–Crippen MR) is 71.5 cm³/mol. The lowest BCUT2D eigenvalue weighted by molar-refractivity contribution is 0.1000. The minimum absolute atomic E-state index is 0.423. The highest BCUT2D eigenvalue weighted by molar-refractivity contribution is 5.92. The van der Waals surface area contributed by atoms with Crippen molar-refractivity contribution in [1.29, 1.82) is 0 Å². The Morgan fingerprint density at radius 3 is 3.05 bits per heavy atom. The Labute approximate surface area is 111 Å². The summed E-state index contributed by atoms with van der Waals surface area (Å²) in [5.74, 6) is -0.423. The van der Waals surface area contributed by atoms with Crippen LogP contribution in [-0.4, -0.2) is 27.4 Å². The quantitative estimate of drug-likeness (QED) is 0.792. The average molecular weight is 259 g/mol. The number of hydrogen-bond acceptors (Lipinski definition) is 4. The van der Waals surface area contributed by atoms with Crippen LogP contribution < -0.4 is 11.1 Å². The second-order valence-electron chi connectivity index (χ2n) is 4.25. The van der Waals surface area contributed by atoms with Crippen molar-refractivity contribution >= 4 is 5.91 Å². The van der Waals surface area contributed by atoms with Crippen LogP contribution in [0.15, 0.2) is 30.5 Å².